The van der Waals surface area contributed by atoms with Crippen LogP contribution in [-0.2, 0) is 16.6 Å². The zero-order valence-corrected chi connectivity index (χ0v) is 12.7. The van der Waals surface area contributed by atoms with Gasteiger partial charge in [0.05, 0.1) is 6.61 Å². The van der Waals surface area contributed by atoms with E-state index in [0.29, 0.717) is 18.9 Å². The summed E-state index contributed by atoms with van der Waals surface area (Å²) in [5, 5.41) is 9.09. The predicted molar refractivity (Wildman–Crippen MR) is 73.4 cm³/mol. The number of imidazole rings is 1. The molecule has 0 saturated heterocycles. The molecule has 7 heteroatoms. The predicted octanol–water partition coefficient (Wildman–Crippen LogP) is 0.995. The smallest absolute Gasteiger partial charge is 0.262 e. The minimum absolute atomic E-state index is 0.0661. The van der Waals surface area contributed by atoms with E-state index in [1.165, 1.54) is 4.31 Å². The molecule has 0 aliphatic carbocycles. The molecule has 1 aromatic rings. The second-order valence-electron chi connectivity index (χ2n) is 4.39. The zero-order valence-electron chi connectivity index (χ0n) is 11.8. The molecule has 19 heavy (non-hydrogen) atoms. The van der Waals surface area contributed by atoms with Crippen molar-refractivity contribution in [3.63, 3.8) is 0 Å². The molecule has 110 valence electrons. The van der Waals surface area contributed by atoms with Crippen LogP contribution < -0.4 is 0 Å². The summed E-state index contributed by atoms with van der Waals surface area (Å²) < 4.78 is 28.0. The van der Waals surface area contributed by atoms with Gasteiger partial charge in [-0.15, -0.1) is 0 Å². The van der Waals surface area contributed by atoms with Crippen molar-refractivity contribution in [2.75, 3.05) is 19.7 Å². The molecular weight excluding hydrogens is 266 g/mol. The molecule has 0 atom stereocenters. The lowest BCUT2D eigenvalue weighted by molar-refractivity contribution is 0.252. The Hall–Kier alpha value is -0.920. The van der Waals surface area contributed by atoms with Gasteiger partial charge in [0, 0.05) is 25.8 Å². The van der Waals surface area contributed by atoms with Crippen LogP contribution in [0.2, 0.25) is 0 Å². The van der Waals surface area contributed by atoms with E-state index in [9.17, 15) is 8.42 Å². The third kappa shape index (κ3) is 3.77. The molecular formula is C12H23N3O3S. The lowest BCUT2D eigenvalue weighted by Gasteiger charge is -2.19. The van der Waals surface area contributed by atoms with Crippen molar-refractivity contribution in [2.45, 2.75) is 45.2 Å². The standard InChI is InChI=1S/C12H23N3O3S/c1-4-6-7-15(8-9-16)19(17,18)12-10-14(5-2)11(3)13-12/h10,16H,4-9H2,1-3H3. The van der Waals surface area contributed by atoms with Crippen LogP contribution in [0.25, 0.3) is 0 Å². The highest BCUT2D eigenvalue weighted by atomic mass is 32.2. The van der Waals surface area contributed by atoms with Crippen molar-refractivity contribution < 1.29 is 13.5 Å². The zero-order chi connectivity index (χ0) is 14.5. The molecule has 0 aliphatic rings. The highest BCUT2D eigenvalue weighted by Crippen LogP contribution is 2.15. The van der Waals surface area contributed by atoms with Crippen molar-refractivity contribution in [2.24, 2.45) is 0 Å². The van der Waals surface area contributed by atoms with Crippen molar-refractivity contribution in [3.8, 4) is 0 Å². The van der Waals surface area contributed by atoms with Gasteiger partial charge in [-0.2, -0.15) is 4.31 Å². The molecule has 6 nitrogen and oxygen atoms in total. The number of aryl methyl sites for hydroxylation is 2. The Labute approximate surface area is 115 Å². The fourth-order valence-corrected chi connectivity index (χ4v) is 3.32. The molecule has 0 aliphatic heterocycles. The van der Waals surface area contributed by atoms with Crippen LogP contribution >= 0.6 is 0 Å². The van der Waals surface area contributed by atoms with Crippen molar-refractivity contribution in [3.05, 3.63) is 12.0 Å². The van der Waals surface area contributed by atoms with E-state index in [-0.39, 0.29) is 18.2 Å². The number of unbranched alkanes of at least 4 members (excludes halogenated alkanes) is 1. The Bertz CT molecular complexity index is 496. The first-order valence-corrected chi connectivity index (χ1v) is 8.06. The quantitative estimate of drug-likeness (QED) is 0.774. The lowest BCUT2D eigenvalue weighted by Crippen LogP contribution is -2.34. The molecule has 1 aromatic heterocycles. The molecule has 0 aromatic carbocycles. The van der Waals surface area contributed by atoms with Gasteiger partial charge >= 0.3 is 0 Å². The highest BCUT2D eigenvalue weighted by Gasteiger charge is 2.26. The van der Waals surface area contributed by atoms with Gasteiger partial charge in [0.2, 0.25) is 0 Å². The SMILES string of the molecule is CCCCN(CCO)S(=O)(=O)c1cn(CC)c(C)n1. The van der Waals surface area contributed by atoms with Gasteiger partial charge in [-0.05, 0) is 20.3 Å². The van der Waals surface area contributed by atoms with Crippen LogP contribution in [0.3, 0.4) is 0 Å². The van der Waals surface area contributed by atoms with Crippen LogP contribution in [0.4, 0.5) is 0 Å². The lowest BCUT2D eigenvalue weighted by atomic mass is 10.3. The molecule has 0 saturated carbocycles. The Morgan fingerprint density at radius 1 is 1.37 bits per heavy atom. The second-order valence-corrected chi connectivity index (χ2v) is 6.28. The molecule has 1 rings (SSSR count). The fraction of sp³-hybridized carbons (Fsp3) is 0.750. The van der Waals surface area contributed by atoms with Crippen LogP contribution in [-0.4, -0.2) is 47.1 Å². The first kappa shape index (κ1) is 16.1. The Balaban J connectivity index is 3.03. The molecule has 0 radical (unpaired) electrons. The minimum atomic E-state index is -3.61. The van der Waals surface area contributed by atoms with E-state index in [2.05, 4.69) is 4.98 Å². The minimum Gasteiger partial charge on any atom is -0.395 e. The summed E-state index contributed by atoms with van der Waals surface area (Å²) in [4.78, 5) is 4.12. The topological polar surface area (TPSA) is 75.4 Å². The van der Waals surface area contributed by atoms with Gasteiger partial charge in [-0.25, -0.2) is 13.4 Å². The molecule has 0 amide bonds. The van der Waals surface area contributed by atoms with Gasteiger partial charge in [-0.1, -0.05) is 13.3 Å². The number of sulfonamides is 1. The van der Waals surface area contributed by atoms with Crippen LogP contribution in [0.1, 0.15) is 32.5 Å². The Morgan fingerprint density at radius 3 is 2.53 bits per heavy atom. The normalized spacial score (nSPS) is 12.3. The summed E-state index contributed by atoms with van der Waals surface area (Å²) in [5.41, 5.74) is 0. The maximum absolute atomic E-state index is 12.4. The molecule has 0 unspecified atom stereocenters. The number of nitrogens with zero attached hydrogens (tertiary/aromatic N) is 3. The van der Waals surface area contributed by atoms with E-state index >= 15 is 0 Å². The Morgan fingerprint density at radius 2 is 2.05 bits per heavy atom. The summed E-state index contributed by atoms with van der Waals surface area (Å²) in [6.07, 6.45) is 3.23. The monoisotopic (exact) mass is 289 g/mol. The van der Waals surface area contributed by atoms with Gasteiger partial charge < -0.3 is 9.67 Å². The van der Waals surface area contributed by atoms with Crippen LogP contribution in [0.15, 0.2) is 11.2 Å². The van der Waals surface area contributed by atoms with Crippen LogP contribution in [0.5, 0.6) is 0 Å². The second kappa shape index (κ2) is 7.02. The van der Waals surface area contributed by atoms with Crippen molar-refractivity contribution in [1.82, 2.24) is 13.9 Å². The molecule has 0 fully saturated rings. The van der Waals surface area contributed by atoms with E-state index in [1.807, 2.05) is 13.8 Å². The summed E-state index contributed by atoms with van der Waals surface area (Å²) in [5.74, 6) is 0.681. The van der Waals surface area contributed by atoms with E-state index in [1.54, 1.807) is 17.7 Å². The first-order chi connectivity index (χ1) is 8.97. The van der Waals surface area contributed by atoms with Crippen molar-refractivity contribution in [1.29, 1.82) is 0 Å². The third-order valence-corrected chi connectivity index (χ3v) is 4.78. The molecule has 1 N–H and O–H groups in total. The maximum atomic E-state index is 12.4. The number of aliphatic hydroxyl groups is 1. The van der Waals surface area contributed by atoms with Gasteiger partial charge in [-0.3, -0.25) is 0 Å². The largest absolute Gasteiger partial charge is 0.395 e. The summed E-state index contributed by atoms with van der Waals surface area (Å²) >= 11 is 0. The van der Waals surface area contributed by atoms with Gasteiger partial charge in [0.15, 0.2) is 5.03 Å². The fourth-order valence-electron chi connectivity index (χ4n) is 1.85. The number of hydrogen-bond donors (Lipinski definition) is 1. The molecule has 0 spiro atoms. The van der Waals surface area contributed by atoms with Crippen molar-refractivity contribution >= 4 is 10.0 Å². The number of hydrogen-bond acceptors (Lipinski definition) is 4. The Kier molecular flexibility index (Phi) is 5.96. The summed E-state index contributed by atoms with van der Waals surface area (Å²) in [6, 6.07) is 0. The number of aliphatic hydroxyl groups excluding tert-OH is 1. The maximum Gasteiger partial charge on any atom is 0.262 e. The van der Waals surface area contributed by atoms with E-state index < -0.39 is 10.0 Å². The molecule has 0 bridgehead atoms. The van der Waals surface area contributed by atoms with E-state index in [0.717, 1.165) is 12.8 Å². The van der Waals surface area contributed by atoms with Gasteiger partial charge in [0.25, 0.3) is 10.0 Å². The van der Waals surface area contributed by atoms with Crippen LogP contribution in [0, 0.1) is 6.92 Å². The average molecular weight is 289 g/mol. The third-order valence-electron chi connectivity index (χ3n) is 3.01. The summed E-state index contributed by atoms with van der Waals surface area (Å²) in [6.45, 7) is 6.75. The average Bonchev–Trinajstić information content (AvgIpc) is 2.76. The first-order valence-electron chi connectivity index (χ1n) is 6.62. The number of aromatic nitrogens is 2. The summed E-state index contributed by atoms with van der Waals surface area (Å²) in [7, 11) is -3.61. The highest BCUT2D eigenvalue weighted by molar-refractivity contribution is 7.89. The van der Waals surface area contributed by atoms with E-state index in [4.69, 9.17) is 5.11 Å². The van der Waals surface area contributed by atoms with Gasteiger partial charge in [0.1, 0.15) is 5.82 Å². The number of rotatable bonds is 8. The molecule has 1 heterocycles.